The van der Waals surface area contributed by atoms with E-state index in [1.54, 1.807) is 48.3 Å². The third-order valence-corrected chi connectivity index (χ3v) is 5.88. The van der Waals surface area contributed by atoms with Gasteiger partial charge in [-0.2, -0.15) is 0 Å². The Bertz CT molecular complexity index is 958. The van der Waals surface area contributed by atoms with Crippen LogP contribution in [0.3, 0.4) is 0 Å². The molecule has 9 heteroatoms. The third-order valence-electron chi connectivity index (χ3n) is 3.80. The Kier molecular flexibility index (Phi) is 6.36. The summed E-state index contributed by atoms with van der Waals surface area (Å²) in [6.07, 6.45) is 0. The van der Waals surface area contributed by atoms with Crippen molar-refractivity contribution in [3.05, 3.63) is 50.9 Å². The summed E-state index contributed by atoms with van der Waals surface area (Å²) in [6.45, 7) is 2.43. The zero-order chi connectivity index (χ0) is 19.2. The van der Waals surface area contributed by atoms with Crippen LogP contribution in [0.2, 0.25) is 0 Å². The Hall–Kier alpha value is -2.52. The van der Waals surface area contributed by atoms with Crippen molar-refractivity contribution >= 4 is 34.6 Å². The minimum Gasteiger partial charge on any atom is -0.493 e. The molecule has 0 radical (unpaired) electrons. The predicted octanol–water partition coefficient (Wildman–Crippen LogP) is 3.77. The van der Waals surface area contributed by atoms with Gasteiger partial charge in [-0.25, -0.2) is 0 Å². The molecule has 2 aromatic heterocycles. The molecule has 0 fully saturated rings. The monoisotopic (exact) mass is 404 g/mol. The lowest BCUT2D eigenvalue weighted by molar-refractivity contribution is 0.355. The minimum absolute atomic E-state index is 0.171. The van der Waals surface area contributed by atoms with E-state index in [2.05, 4.69) is 21.6 Å². The number of aromatic nitrogens is 3. The highest BCUT2D eigenvalue weighted by Crippen LogP contribution is 2.30. The Labute approximate surface area is 165 Å². The molecule has 0 aliphatic heterocycles. The lowest BCUT2D eigenvalue weighted by Crippen LogP contribution is -2.26. The van der Waals surface area contributed by atoms with Crippen LogP contribution in [-0.4, -0.2) is 29.0 Å². The van der Waals surface area contributed by atoms with Crippen LogP contribution < -0.4 is 20.3 Å². The highest BCUT2D eigenvalue weighted by Gasteiger charge is 2.13. The molecule has 0 aliphatic rings. The molecule has 1 N–H and O–H groups in total. The fourth-order valence-corrected chi connectivity index (χ4v) is 4.22. The number of nitrogens with zero attached hydrogens (tertiary/aromatic N) is 3. The van der Waals surface area contributed by atoms with Gasteiger partial charge >= 0.3 is 0 Å². The first-order chi connectivity index (χ1) is 13.2. The van der Waals surface area contributed by atoms with Gasteiger partial charge in [-0.05, 0) is 30.5 Å². The molecule has 0 unspecified atom stereocenters. The fourth-order valence-electron chi connectivity index (χ4n) is 2.45. The lowest BCUT2D eigenvalue weighted by atomic mass is 10.2. The second-order valence-electron chi connectivity index (χ2n) is 5.44. The smallest absolute Gasteiger partial charge is 0.297 e. The molecule has 0 atom stereocenters. The largest absolute Gasteiger partial charge is 0.493 e. The number of hydrogen-bond donors (Lipinski definition) is 1. The van der Waals surface area contributed by atoms with Crippen molar-refractivity contribution in [2.75, 3.05) is 19.5 Å². The Morgan fingerprint density at radius 1 is 1.19 bits per heavy atom. The molecule has 142 valence electrons. The van der Waals surface area contributed by atoms with Gasteiger partial charge in [0, 0.05) is 28.9 Å². The summed E-state index contributed by atoms with van der Waals surface area (Å²) < 4.78 is 12.1. The van der Waals surface area contributed by atoms with Gasteiger partial charge in [-0.15, -0.1) is 21.5 Å². The molecule has 0 aliphatic carbocycles. The Morgan fingerprint density at radius 3 is 2.67 bits per heavy atom. The summed E-state index contributed by atoms with van der Waals surface area (Å²) in [7, 11) is 3.13. The zero-order valence-electron chi connectivity index (χ0n) is 15.3. The van der Waals surface area contributed by atoms with Crippen molar-refractivity contribution in [2.45, 2.75) is 24.4 Å². The zero-order valence-corrected chi connectivity index (χ0v) is 16.9. The molecule has 0 spiro atoms. The van der Waals surface area contributed by atoms with Crippen LogP contribution in [0, 0.1) is 0 Å². The lowest BCUT2D eigenvalue weighted by Gasteiger charge is -2.12. The van der Waals surface area contributed by atoms with E-state index in [4.69, 9.17) is 9.47 Å². The van der Waals surface area contributed by atoms with Crippen molar-refractivity contribution in [3.63, 3.8) is 0 Å². The maximum Gasteiger partial charge on any atom is 0.297 e. The summed E-state index contributed by atoms with van der Waals surface area (Å²) in [5.74, 6) is 2.10. The summed E-state index contributed by atoms with van der Waals surface area (Å²) in [6, 6.07) is 9.37. The number of nitrogens with one attached hydrogen (secondary N) is 1. The van der Waals surface area contributed by atoms with Crippen molar-refractivity contribution in [1.82, 2.24) is 14.8 Å². The normalized spacial score (nSPS) is 10.6. The molecule has 3 aromatic rings. The summed E-state index contributed by atoms with van der Waals surface area (Å²) in [4.78, 5) is 14.0. The van der Waals surface area contributed by atoms with Gasteiger partial charge < -0.3 is 14.8 Å². The molecule has 27 heavy (non-hydrogen) atoms. The van der Waals surface area contributed by atoms with Crippen molar-refractivity contribution in [3.8, 4) is 11.5 Å². The Balaban J connectivity index is 1.83. The van der Waals surface area contributed by atoms with Crippen LogP contribution in [0.25, 0.3) is 0 Å². The maximum atomic E-state index is 12.8. The summed E-state index contributed by atoms with van der Waals surface area (Å²) in [5, 5.41) is 14.0. The number of ether oxygens (including phenoxy) is 2. The first-order valence-corrected chi connectivity index (χ1v) is 10.1. The predicted molar refractivity (Wildman–Crippen MR) is 109 cm³/mol. The number of hydrogen-bond acceptors (Lipinski definition) is 8. The van der Waals surface area contributed by atoms with Gasteiger partial charge in [0.1, 0.15) is 0 Å². The number of benzene rings is 1. The van der Waals surface area contributed by atoms with Crippen LogP contribution in [-0.2, 0) is 12.3 Å². The Morgan fingerprint density at radius 2 is 2.00 bits per heavy atom. The first kappa shape index (κ1) is 19.2. The summed E-state index contributed by atoms with van der Waals surface area (Å²) >= 11 is 3.19. The van der Waals surface area contributed by atoms with Crippen molar-refractivity contribution < 1.29 is 9.47 Å². The van der Waals surface area contributed by atoms with E-state index in [1.807, 2.05) is 18.4 Å². The molecule has 1 aromatic carbocycles. The third kappa shape index (κ3) is 4.42. The second kappa shape index (κ2) is 8.92. The van der Waals surface area contributed by atoms with E-state index in [0.717, 1.165) is 5.75 Å². The van der Waals surface area contributed by atoms with Gasteiger partial charge in [0.05, 0.1) is 14.2 Å². The quantitative estimate of drug-likeness (QED) is 0.573. The SMILES string of the molecule is CCn1c(SCc2cccs2)nnc(Nc2ccc(OC)c(OC)c2)c1=O. The molecule has 2 heterocycles. The second-order valence-corrected chi connectivity index (χ2v) is 7.42. The van der Waals surface area contributed by atoms with Crippen LogP contribution in [0.4, 0.5) is 11.5 Å². The van der Waals surface area contributed by atoms with Gasteiger partial charge in [0.25, 0.3) is 5.56 Å². The molecule has 0 saturated carbocycles. The molecule has 3 rings (SSSR count). The minimum atomic E-state index is -0.212. The summed E-state index contributed by atoms with van der Waals surface area (Å²) in [5.41, 5.74) is 0.455. The van der Waals surface area contributed by atoms with Crippen LogP contribution in [0.15, 0.2) is 45.7 Å². The first-order valence-electron chi connectivity index (χ1n) is 8.28. The highest BCUT2D eigenvalue weighted by atomic mass is 32.2. The molecule has 0 amide bonds. The van der Waals surface area contributed by atoms with Gasteiger partial charge in [0.15, 0.2) is 16.7 Å². The van der Waals surface area contributed by atoms with Gasteiger partial charge in [0.2, 0.25) is 5.82 Å². The van der Waals surface area contributed by atoms with E-state index >= 15 is 0 Å². The molecular formula is C18H20N4O3S2. The number of rotatable bonds is 8. The average Bonchev–Trinajstić information content (AvgIpc) is 3.21. The van der Waals surface area contributed by atoms with Crippen molar-refractivity contribution in [1.29, 1.82) is 0 Å². The van der Waals surface area contributed by atoms with Crippen molar-refractivity contribution in [2.24, 2.45) is 0 Å². The number of thiophene rings is 1. The molecular weight excluding hydrogens is 384 g/mol. The van der Waals surface area contributed by atoms with E-state index in [0.29, 0.717) is 28.9 Å². The highest BCUT2D eigenvalue weighted by molar-refractivity contribution is 7.98. The molecule has 0 saturated heterocycles. The van der Waals surface area contributed by atoms with Gasteiger partial charge in [-0.1, -0.05) is 17.8 Å². The number of anilines is 2. The molecule has 0 bridgehead atoms. The standard InChI is InChI=1S/C18H20N4O3S2/c1-4-22-17(23)16(19-12-7-8-14(24-2)15(10-12)25-3)20-21-18(22)27-11-13-6-5-9-26-13/h5-10H,4,11H2,1-3H3,(H,19,20). The topological polar surface area (TPSA) is 78.3 Å². The van der Waals surface area contributed by atoms with Crippen LogP contribution in [0.5, 0.6) is 11.5 Å². The number of methoxy groups -OCH3 is 2. The molecule has 7 nitrogen and oxygen atoms in total. The maximum absolute atomic E-state index is 12.8. The average molecular weight is 405 g/mol. The van der Waals surface area contributed by atoms with E-state index in [9.17, 15) is 4.79 Å². The van der Waals surface area contributed by atoms with Crippen LogP contribution in [0.1, 0.15) is 11.8 Å². The van der Waals surface area contributed by atoms with E-state index in [-0.39, 0.29) is 11.4 Å². The van der Waals surface area contributed by atoms with E-state index < -0.39 is 0 Å². The fraction of sp³-hybridized carbons (Fsp3) is 0.278. The number of thioether (sulfide) groups is 1. The van der Waals surface area contributed by atoms with E-state index in [1.165, 1.54) is 16.6 Å². The van der Waals surface area contributed by atoms with Crippen LogP contribution >= 0.6 is 23.1 Å². The van der Waals surface area contributed by atoms with Gasteiger partial charge in [-0.3, -0.25) is 9.36 Å².